The summed E-state index contributed by atoms with van der Waals surface area (Å²) in [7, 11) is 1.71. The van der Waals surface area contributed by atoms with Crippen LogP contribution in [0.5, 0.6) is 0 Å². The van der Waals surface area contributed by atoms with E-state index in [1.54, 1.807) is 18.4 Å². The fourth-order valence-electron chi connectivity index (χ4n) is 0.919. The van der Waals surface area contributed by atoms with Gasteiger partial charge in [-0.25, -0.2) is 0 Å². The third-order valence-corrected chi connectivity index (χ3v) is 2.51. The van der Waals surface area contributed by atoms with E-state index in [-0.39, 0.29) is 0 Å². The Morgan fingerprint density at radius 3 is 2.82 bits per heavy atom. The van der Waals surface area contributed by atoms with Crippen molar-refractivity contribution < 1.29 is 4.74 Å². The predicted octanol–water partition coefficient (Wildman–Crippen LogP) is 1.40. The van der Waals surface area contributed by atoms with Crippen molar-refractivity contribution in [2.45, 2.75) is 13.0 Å². The van der Waals surface area contributed by atoms with Gasteiger partial charge in [0.15, 0.2) is 0 Å². The van der Waals surface area contributed by atoms with Gasteiger partial charge in [0, 0.05) is 16.9 Å². The molecule has 0 saturated carbocycles. The van der Waals surface area contributed by atoms with Gasteiger partial charge >= 0.3 is 0 Å². The molecule has 0 atom stereocenters. The number of methoxy groups -OCH3 is 1. The first kappa shape index (κ1) is 8.71. The topological polar surface area (TPSA) is 35.2 Å². The van der Waals surface area contributed by atoms with Crippen LogP contribution in [0.1, 0.15) is 9.75 Å². The van der Waals surface area contributed by atoms with Crippen LogP contribution in [-0.2, 0) is 17.8 Å². The number of ether oxygens (including phenoxy) is 1. The molecule has 0 aliphatic carbocycles. The summed E-state index contributed by atoms with van der Waals surface area (Å²) >= 11 is 1.78. The van der Waals surface area contributed by atoms with Crippen LogP contribution in [0.3, 0.4) is 0 Å². The molecule has 0 spiro atoms. The highest BCUT2D eigenvalue weighted by Crippen LogP contribution is 2.16. The number of nitrogens with two attached hydrogens (primary N) is 1. The molecule has 0 aliphatic heterocycles. The molecule has 0 bridgehead atoms. The average Bonchev–Trinajstić information content (AvgIpc) is 2.38. The molecule has 0 aliphatic rings. The highest BCUT2D eigenvalue weighted by molar-refractivity contribution is 7.11. The molecule has 0 saturated heterocycles. The first-order valence-corrected chi connectivity index (χ1v) is 4.45. The molecule has 0 amide bonds. The summed E-state index contributed by atoms with van der Waals surface area (Å²) in [5.41, 5.74) is 5.42. The van der Waals surface area contributed by atoms with Crippen LogP contribution >= 0.6 is 11.3 Å². The molecule has 0 radical (unpaired) electrons. The zero-order valence-corrected chi connectivity index (χ0v) is 7.49. The number of rotatable bonds is 4. The minimum absolute atomic E-state index is 0.717. The largest absolute Gasteiger partial charge is 0.379 e. The third-order valence-electron chi connectivity index (χ3n) is 1.39. The van der Waals surface area contributed by atoms with Crippen molar-refractivity contribution in [2.75, 3.05) is 13.7 Å². The first-order chi connectivity index (χ1) is 5.36. The van der Waals surface area contributed by atoms with Crippen molar-refractivity contribution in [3.63, 3.8) is 0 Å². The predicted molar refractivity (Wildman–Crippen MR) is 47.8 cm³/mol. The standard InChI is InChI=1S/C8H13NOS/c1-10-6-8-3-2-7(11-8)4-5-9/h2-3H,4-6,9H2,1H3. The summed E-state index contributed by atoms with van der Waals surface area (Å²) < 4.78 is 5.00. The lowest BCUT2D eigenvalue weighted by atomic mass is 10.3. The highest BCUT2D eigenvalue weighted by Gasteiger charge is 1.97. The van der Waals surface area contributed by atoms with E-state index in [1.807, 2.05) is 0 Å². The molecular weight excluding hydrogens is 158 g/mol. The van der Waals surface area contributed by atoms with Crippen molar-refractivity contribution in [1.29, 1.82) is 0 Å². The molecule has 2 nitrogen and oxygen atoms in total. The Morgan fingerprint density at radius 1 is 1.45 bits per heavy atom. The molecule has 1 aromatic heterocycles. The minimum atomic E-state index is 0.717. The van der Waals surface area contributed by atoms with Crippen LogP contribution in [0.2, 0.25) is 0 Å². The number of hydrogen-bond donors (Lipinski definition) is 1. The molecule has 62 valence electrons. The molecule has 0 unspecified atom stereocenters. The first-order valence-electron chi connectivity index (χ1n) is 3.63. The smallest absolute Gasteiger partial charge is 0.0805 e. The fraction of sp³-hybridized carbons (Fsp3) is 0.500. The van der Waals surface area contributed by atoms with Crippen LogP contribution in [0, 0.1) is 0 Å². The highest BCUT2D eigenvalue weighted by atomic mass is 32.1. The Balaban J connectivity index is 2.51. The lowest BCUT2D eigenvalue weighted by molar-refractivity contribution is 0.187. The molecule has 0 aromatic carbocycles. The Bertz CT molecular complexity index is 189. The molecule has 3 heteroatoms. The maximum atomic E-state index is 5.42. The number of thiophene rings is 1. The fourth-order valence-corrected chi connectivity index (χ4v) is 1.92. The lowest BCUT2D eigenvalue weighted by Gasteiger charge is -1.92. The minimum Gasteiger partial charge on any atom is -0.379 e. The Hall–Kier alpha value is -0.380. The van der Waals surface area contributed by atoms with Gasteiger partial charge in [0.05, 0.1) is 6.61 Å². The van der Waals surface area contributed by atoms with E-state index in [2.05, 4.69) is 12.1 Å². The van der Waals surface area contributed by atoms with Crippen molar-refractivity contribution >= 4 is 11.3 Å². The van der Waals surface area contributed by atoms with E-state index >= 15 is 0 Å². The Kier molecular flexibility index (Phi) is 3.56. The van der Waals surface area contributed by atoms with E-state index < -0.39 is 0 Å². The summed E-state index contributed by atoms with van der Waals surface area (Å²) in [5.74, 6) is 0. The second-order valence-electron chi connectivity index (χ2n) is 2.34. The van der Waals surface area contributed by atoms with E-state index in [0.29, 0.717) is 0 Å². The van der Waals surface area contributed by atoms with E-state index in [1.165, 1.54) is 9.75 Å². The zero-order valence-electron chi connectivity index (χ0n) is 6.67. The summed E-state index contributed by atoms with van der Waals surface area (Å²) in [6, 6.07) is 4.21. The second kappa shape index (κ2) is 4.49. The van der Waals surface area contributed by atoms with Gasteiger partial charge in [-0.3, -0.25) is 0 Å². The van der Waals surface area contributed by atoms with Crippen LogP contribution in [-0.4, -0.2) is 13.7 Å². The average molecular weight is 171 g/mol. The maximum absolute atomic E-state index is 5.42. The molecular formula is C8H13NOS. The van der Waals surface area contributed by atoms with Crippen molar-refractivity contribution in [3.8, 4) is 0 Å². The monoisotopic (exact) mass is 171 g/mol. The molecule has 0 fully saturated rings. The van der Waals surface area contributed by atoms with Gasteiger partial charge in [0.2, 0.25) is 0 Å². The summed E-state index contributed by atoms with van der Waals surface area (Å²) in [6.07, 6.45) is 0.981. The SMILES string of the molecule is COCc1ccc(CCN)s1. The van der Waals surface area contributed by atoms with Crippen molar-refractivity contribution in [1.82, 2.24) is 0 Å². The quantitative estimate of drug-likeness (QED) is 0.743. The molecule has 11 heavy (non-hydrogen) atoms. The van der Waals surface area contributed by atoms with E-state index in [9.17, 15) is 0 Å². The molecule has 1 rings (SSSR count). The van der Waals surface area contributed by atoms with E-state index in [4.69, 9.17) is 10.5 Å². The maximum Gasteiger partial charge on any atom is 0.0805 e. The van der Waals surface area contributed by atoms with Gasteiger partial charge in [-0.05, 0) is 25.1 Å². The van der Waals surface area contributed by atoms with Gasteiger partial charge < -0.3 is 10.5 Å². The Morgan fingerprint density at radius 2 is 2.18 bits per heavy atom. The second-order valence-corrected chi connectivity index (χ2v) is 3.59. The zero-order chi connectivity index (χ0) is 8.10. The van der Waals surface area contributed by atoms with Crippen LogP contribution < -0.4 is 5.73 Å². The van der Waals surface area contributed by atoms with Crippen LogP contribution in [0.4, 0.5) is 0 Å². The third kappa shape index (κ3) is 2.61. The van der Waals surface area contributed by atoms with Crippen LogP contribution in [0.15, 0.2) is 12.1 Å². The van der Waals surface area contributed by atoms with Crippen molar-refractivity contribution in [2.24, 2.45) is 5.73 Å². The summed E-state index contributed by atoms with van der Waals surface area (Å²) in [4.78, 5) is 2.62. The van der Waals surface area contributed by atoms with Crippen molar-refractivity contribution in [3.05, 3.63) is 21.9 Å². The van der Waals surface area contributed by atoms with Gasteiger partial charge in [-0.1, -0.05) is 0 Å². The lowest BCUT2D eigenvalue weighted by Crippen LogP contribution is -2.00. The Labute approximate surface area is 71.0 Å². The summed E-state index contributed by atoms with van der Waals surface area (Å²) in [6.45, 7) is 1.45. The van der Waals surface area contributed by atoms with Gasteiger partial charge in [0.1, 0.15) is 0 Å². The van der Waals surface area contributed by atoms with Crippen LogP contribution in [0.25, 0.3) is 0 Å². The normalized spacial score (nSPS) is 10.4. The van der Waals surface area contributed by atoms with E-state index in [0.717, 1.165) is 19.6 Å². The summed E-state index contributed by atoms with van der Waals surface area (Å²) in [5, 5.41) is 0. The molecule has 2 N–H and O–H groups in total. The van der Waals surface area contributed by atoms with Gasteiger partial charge in [-0.15, -0.1) is 11.3 Å². The number of hydrogen-bond acceptors (Lipinski definition) is 3. The van der Waals surface area contributed by atoms with Gasteiger partial charge in [0.25, 0.3) is 0 Å². The molecule has 1 heterocycles. The molecule has 1 aromatic rings. The van der Waals surface area contributed by atoms with Gasteiger partial charge in [-0.2, -0.15) is 0 Å².